The largest absolute Gasteiger partial charge is 0.492 e. The van der Waals surface area contributed by atoms with Crippen molar-refractivity contribution >= 4 is 38.4 Å². The molecule has 3 N–H and O–H groups in total. The van der Waals surface area contributed by atoms with Crippen LogP contribution in [-0.4, -0.2) is 63.5 Å². The van der Waals surface area contributed by atoms with E-state index in [1.807, 2.05) is 29.8 Å². The Morgan fingerprint density at radius 1 is 1.13 bits per heavy atom. The Hall–Kier alpha value is -3.28. The number of carbonyl (C=O) groups is 1. The lowest BCUT2D eigenvalue weighted by atomic mass is 10.0. The van der Waals surface area contributed by atoms with E-state index >= 15 is 0 Å². The molecule has 11 heteroatoms. The van der Waals surface area contributed by atoms with E-state index in [4.69, 9.17) is 9.47 Å². The number of para-hydroxylation sites is 1. The van der Waals surface area contributed by atoms with Crippen molar-refractivity contribution in [2.45, 2.75) is 26.8 Å². The molecule has 206 valence electrons. The van der Waals surface area contributed by atoms with Gasteiger partial charge in [-0.3, -0.25) is 14.9 Å². The fourth-order valence-electron chi connectivity index (χ4n) is 4.91. The molecular weight excluding hydrogens is 506 g/mol. The van der Waals surface area contributed by atoms with Crippen LogP contribution in [0.15, 0.2) is 36.4 Å². The molecule has 2 heterocycles. The second kappa shape index (κ2) is 11.6. The maximum Gasteiger partial charge on any atom is 0.418 e. The SMILES string of the molecule is COc1c(NC(=O)Oc2cc3cccc(CN4CCNCC4)c3n2C)cc(CC(C)C)cc1NS(C)(=O)=O. The van der Waals surface area contributed by atoms with Crippen LogP contribution in [0.3, 0.4) is 0 Å². The highest BCUT2D eigenvalue weighted by molar-refractivity contribution is 7.92. The van der Waals surface area contributed by atoms with Crippen molar-refractivity contribution < 1.29 is 22.7 Å². The summed E-state index contributed by atoms with van der Waals surface area (Å²) >= 11 is 0. The van der Waals surface area contributed by atoms with Gasteiger partial charge in [0.05, 0.1) is 30.3 Å². The van der Waals surface area contributed by atoms with Gasteiger partial charge in [-0.15, -0.1) is 0 Å². The number of aromatic nitrogens is 1. The number of amides is 1. The van der Waals surface area contributed by atoms with Crippen LogP contribution >= 0.6 is 0 Å². The molecule has 1 amide bonds. The Kier molecular flexibility index (Phi) is 8.49. The number of nitrogens with one attached hydrogen (secondary N) is 3. The smallest absolute Gasteiger partial charge is 0.418 e. The molecule has 1 saturated heterocycles. The van der Waals surface area contributed by atoms with Crippen LogP contribution in [0.25, 0.3) is 10.9 Å². The zero-order chi connectivity index (χ0) is 27.4. The third-order valence-corrected chi connectivity index (χ3v) is 7.02. The fraction of sp³-hybridized carbons (Fsp3) is 0.444. The first kappa shape index (κ1) is 27.7. The van der Waals surface area contributed by atoms with Crippen LogP contribution in [0.2, 0.25) is 0 Å². The van der Waals surface area contributed by atoms with E-state index in [9.17, 15) is 13.2 Å². The standard InChI is InChI=1S/C27H37N5O5S/c1-18(2)13-19-14-22(26(36-4)23(15-19)30-38(5,34)35)29-27(33)37-24-16-20-7-6-8-21(25(20)31(24)3)17-32-11-9-28-10-12-32/h6-8,14-16,18,28,30H,9-13,17H2,1-5H3,(H,29,33). The molecule has 1 aliphatic heterocycles. The molecule has 1 aliphatic rings. The summed E-state index contributed by atoms with van der Waals surface area (Å²) in [7, 11) is -0.267. The maximum atomic E-state index is 13.1. The average molecular weight is 544 g/mol. The van der Waals surface area contributed by atoms with Gasteiger partial charge in [0.1, 0.15) is 0 Å². The molecule has 10 nitrogen and oxygen atoms in total. The molecule has 1 aromatic heterocycles. The van der Waals surface area contributed by atoms with Gasteiger partial charge >= 0.3 is 6.09 Å². The number of hydrogen-bond acceptors (Lipinski definition) is 7. The Bertz CT molecular complexity index is 1410. The van der Waals surface area contributed by atoms with E-state index in [2.05, 4.69) is 40.2 Å². The summed E-state index contributed by atoms with van der Waals surface area (Å²) in [6.45, 7) is 8.86. The summed E-state index contributed by atoms with van der Waals surface area (Å²) in [4.78, 5) is 15.5. The number of aryl methyl sites for hydroxylation is 1. The van der Waals surface area contributed by atoms with E-state index in [0.29, 0.717) is 23.9 Å². The molecule has 0 bridgehead atoms. The molecule has 0 aliphatic carbocycles. The summed E-state index contributed by atoms with van der Waals surface area (Å²) in [5, 5.41) is 7.11. The second-order valence-corrected chi connectivity index (χ2v) is 11.9. The number of fused-ring (bicyclic) bond motifs is 1. The molecule has 1 fully saturated rings. The molecule has 0 saturated carbocycles. The average Bonchev–Trinajstić information content (AvgIpc) is 3.14. The maximum absolute atomic E-state index is 13.1. The van der Waals surface area contributed by atoms with Crippen molar-refractivity contribution in [1.82, 2.24) is 14.8 Å². The van der Waals surface area contributed by atoms with E-state index in [-0.39, 0.29) is 11.4 Å². The summed E-state index contributed by atoms with van der Waals surface area (Å²) in [5.74, 6) is 0.924. The van der Waals surface area contributed by atoms with Crippen LogP contribution < -0.4 is 24.8 Å². The highest BCUT2D eigenvalue weighted by Gasteiger charge is 2.20. The lowest BCUT2D eigenvalue weighted by Crippen LogP contribution is -2.42. The first-order chi connectivity index (χ1) is 18.0. The zero-order valence-corrected chi connectivity index (χ0v) is 23.4. The normalized spacial score (nSPS) is 14.6. The van der Waals surface area contributed by atoms with Gasteiger partial charge < -0.3 is 19.4 Å². The van der Waals surface area contributed by atoms with E-state index in [1.54, 1.807) is 12.1 Å². The van der Waals surface area contributed by atoms with Crippen molar-refractivity contribution in [3.8, 4) is 11.6 Å². The van der Waals surface area contributed by atoms with Crippen LogP contribution in [0, 0.1) is 5.92 Å². The molecule has 0 spiro atoms. The molecule has 4 rings (SSSR count). The molecule has 0 radical (unpaired) electrons. The monoisotopic (exact) mass is 543 g/mol. The molecule has 0 atom stereocenters. The van der Waals surface area contributed by atoms with Crippen molar-refractivity contribution in [3.05, 3.63) is 47.5 Å². The Morgan fingerprint density at radius 2 is 1.84 bits per heavy atom. The quantitative estimate of drug-likeness (QED) is 0.376. The van der Waals surface area contributed by atoms with Crippen molar-refractivity contribution in [2.75, 3.05) is 49.6 Å². The highest BCUT2D eigenvalue weighted by atomic mass is 32.2. The summed E-state index contributed by atoms with van der Waals surface area (Å²) in [5.41, 5.74) is 3.61. The van der Waals surface area contributed by atoms with E-state index in [0.717, 1.165) is 55.4 Å². The fourth-order valence-corrected chi connectivity index (χ4v) is 5.46. The molecular formula is C27H37N5O5S. The van der Waals surface area contributed by atoms with Gasteiger partial charge in [-0.25, -0.2) is 13.2 Å². The van der Waals surface area contributed by atoms with E-state index in [1.165, 1.54) is 12.7 Å². The summed E-state index contributed by atoms with van der Waals surface area (Å²) in [6, 6.07) is 11.5. The lowest BCUT2D eigenvalue weighted by molar-refractivity contribution is 0.212. The number of hydrogen-bond donors (Lipinski definition) is 3. The van der Waals surface area contributed by atoms with Crippen molar-refractivity contribution in [1.29, 1.82) is 0 Å². The number of piperazine rings is 1. The number of anilines is 2. The number of carbonyl (C=O) groups excluding carboxylic acids is 1. The van der Waals surface area contributed by atoms with Gasteiger partial charge in [-0.2, -0.15) is 0 Å². The number of ether oxygens (including phenoxy) is 2. The van der Waals surface area contributed by atoms with Crippen LogP contribution in [0.5, 0.6) is 11.6 Å². The van der Waals surface area contributed by atoms with Gasteiger partial charge in [-0.1, -0.05) is 32.0 Å². The first-order valence-corrected chi connectivity index (χ1v) is 14.6. The number of benzene rings is 2. The second-order valence-electron chi connectivity index (χ2n) is 10.1. The minimum atomic E-state index is -3.57. The summed E-state index contributed by atoms with van der Waals surface area (Å²) < 4.78 is 39.5. The van der Waals surface area contributed by atoms with Gasteiger partial charge in [0.25, 0.3) is 0 Å². The Balaban J connectivity index is 1.60. The van der Waals surface area contributed by atoms with Gasteiger partial charge in [0.2, 0.25) is 15.9 Å². The topological polar surface area (TPSA) is 114 Å². The predicted octanol–water partition coefficient (Wildman–Crippen LogP) is 3.77. The molecule has 3 aromatic rings. The zero-order valence-electron chi connectivity index (χ0n) is 22.6. The number of sulfonamides is 1. The van der Waals surface area contributed by atoms with Gasteiger partial charge in [0, 0.05) is 51.2 Å². The van der Waals surface area contributed by atoms with Gasteiger partial charge in [-0.05, 0) is 35.6 Å². The number of rotatable bonds is 9. The Morgan fingerprint density at radius 3 is 2.50 bits per heavy atom. The predicted molar refractivity (Wildman–Crippen MR) is 151 cm³/mol. The molecule has 0 unspecified atom stereocenters. The van der Waals surface area contributed by atoms with Crippen LogP contribution in [0.4, 0.5) is 16.2 Å². The van der Waals surface area contributed by atoms with Crippen molar-refractivity contribution in [2.24, 2.45) is 13.0 Å². The molecule has 2 aromatic carbocycles. The highest BCUT2D eigenvalue weighted by Crippen LogP contribution is 2.37. The molecule has 38 heavy (non-hydrogen) atoms. The minimum absolute atomic E-state index is 0.204. The number of nitrogens with zero attached hydrogens (tertiary/aromatic N) is 2. The Labute approximate surface area is 224 Å². The van der Waals surface area contributed by atoms with Crippen LogP contribution in [-0.2, 0) is 30.0 Å². The summed E-state index contributed by atoms with van der Waals surface area (Å²) in [6.07, 6.45) is 1.05. The third kappa shape index (κ3) is 6.77. The van der Waals surface area contributed by atoms with Gasteiger partial charge in [0.15, 0.2) is 5.75 Å². The van der Waals surface area contributed by atoms with E-state index < -0.39 is 16.1 Å². The van der Waals surface area contributed by atoms with Crippen molar-refractivity contribution in [3.63, 3.8) is 0 Å². The first-order valence-electron chi connectivity index (χ1n) is 12.7. The number of methoxy groups -OCH3 is 1. The van der Waals surface area contributed by atoms with Crippen LogP contribution in [0.1, 0.15) is 25.0 Å². The minimum Gasteiger partial charge on any atom is -0.492 e. The lowest BCUT2D eigenvalue weighted by Gasteiger charge is -2.27. The third-order valence-electron chi connectivity index (χ3n) is 6.43.